The van der Waals surface area contributed by atoms with E-state index in [1.54, 1.807) is 11.3 Å². The van der Waals surface area contributed by atoms with Crippen LogP contribution in [0.15, 0.2) is 11.4 Å². The van der Waals surface area contributed by atoms with Crippen LogP contribution in [0.1, 0.15) is 31.9 Å². The summed E-state index contributed by atoms with van der Waals surface area (Å²) in [5.41, 5.74) is 7.06. The molecule has 1 rings (SSSR count). The predicted octanol–water partition coefficient (Wildman–Crippen LogP) is 3.45. The number of hydrogen-bond acceptors (Lipinski definition) is 2. The van der Waals surface area contributed by atoms with Crippen LogP contribution >= 0.6 is 22.9 Å². The van der Waals surface area contributed by atoms with E-state index in [1.165, 1.54) is 0 Å². The van der Waals surface area contributed by atoms with Gasteiger partial charge in [0.2, 0.25) is 0 Å². The summed E-state index contributed by atoms with van der Waals surface area (Å²) in [6.07, 6.45) is 0.996. The minimum Gasteiger partial charge on any atom is -0.324 e. The van der Waals surface area contributed by atoms with Gasteiger partial charge in [0.15, 0.2) is 0 Å². The molecular formula is C9H14ClNS. The fourth-order valence-electron chi connectivity index (χ4n) is 1.20. The second kappa shape index (κ2) is 4.26. The van der Waals surface area contributed by atoms with Crippen molar-refractivity contribution in [2.45, 2.75) is 26.3 Å². The van der Waals surface area contributed by atoms with Crippen LogP contribution in [0.2, 0.25) is 4.34 Å². The molecule has 0 aliphatic carbocycles. The van der Waals surface area contributed by atoms with E-state index in [2.05, 4.69) is 13.8 Å². The molecule has 2 N–H and O–H groups in total. The summed E-state index contributed by atoms with van der Waals surface area (Å²) in [5.74, 6) is 0.621. The first kappa shape index (κ1) is 10.0. The molecule has 0 spiro atoms. The average Bonchev–Trinajstić information content (AvgIpc) is 2.33. The first-order valence-corrected chi connectivity index (χ1v) is 5.35. The Kier molecular flexibility index (Phi) is 3.56. The SMILES string of the molecule is CC(C)CC(N)c1ccsc1Cl. The summed E-state index contributed by atoms with van der Waals surface area (Å²) in [6.45, 7) is 4.33. The van der Waals surface area contributed by atoms with Crippen molar-refractivity contribution in [2.24, 2.45) is 11.7 Å². The lowest BCUT2D eigenvalue weighted by Crippen LogP contribution is -2.12. The van der Waals surface area contributed by atoms with Crippen molar-refractivity contribution in [3.05, 3.63) is 21.3 Å². The molecule has 1 atom stereocenters. The number of rotatable bonds is 3. The normalized spacial score (nSPS) is 13.8. The standard InChI is InChI=1S/C9H14ClNS/c1-6(2)5-8(11)7-3-4-12-9(7)10/h3-4,6,8H,5,11H2,1-2H3. The number of halogens is 1. The summed E-state index contributed by atoms with van der Waals surface area (Å²) in [4.78, 5) is 0. The van der Waals surface area contributed by atoms with Gasteiger partial charge in [-0.05, 0) is 29.3 Å². The van der Waals surface area contributed by atoms with Crippen molar-refractivity contribution in [1.29, 1.82) is 0 Å². The van der Waals surface area contributed by atoms with Crippen molar-refractivity contribution in [2.75, 3.05) is 0 Å². The third kappa shape index (κ3) is 2.47. The topological polar surface area (TPSA) is 26.0 Å². The van der Waals surface area contributed by atoms with Gasteiger partial charge in [-0.25, -0.2) is 0 Å². The Morgan fingerprint density at radius 3 is 2.67 bits per heavy atom. The van der Waals surface area contributed by atoms with Crippen LogP contribution in [0.3, 0.4) is 0 Å². The van der Waals surface area contributed by atoms with Crippen molar-refractivity contribution in [1.82, 2.24) is 0 Å². The molecule has 0 radical (unpaired) electrons. The Hall–Kier alpha value is -0.0500. The maximum atomic E-state index is 5.96. The summed E-state index contributed by atoms with van der Waals surface area (Å²) in [6, 6.07) is 2.11. The summed E-state index contributed by atoms with van der Waals surface area (Å²) >= 11 is 7.50. The molecule has 1 aromatic heterocycles. The lowest BCUT2D eigenvalue weighted by Gasteiger charge is -2.12. The molecule has 1 heterocycles. The van der Waals surface area contributed by atoms with Gasteiger partial charge in [-0.1, -0.05) is 25.4 Å². The van der Waals surface area contributed by atoms with E-state index in [1.807, 2.05) is 11.4 Å². The molecule has 0 aliphatic rings. The van der Waals surface area contributed by atoms with Crippen molar-refractivity contribution in [3.63, 3.8) is 0 Å². The minimum absolute atomic E-state index is 0.101. The molecule has 0 aromatic carbocycles. The monoisotopic (exact) mass is 203 g/mol. The molecule has 1 unspecified atom stereocenters. The van der Waals surface area contributed by atoms with Crippen LogP contribution in [0.25, 0.3) is 0 Å². The van der Waals surface area contributed by atoms with Gasteiger partial charge >= 0.3 is 0 Å². The molecule has 68 valence electrons. The molecule has 0 saturated heterocycles. The Bertz CT molecular complexity index is 244. The zero-order valence-corrected chi connectivity index (χ0v) is 8.95. The Morgan fingerprint density at radius 2 is 2.25 bits per heavy atom. The molecule has 1 aromatic rings. The van der Waals surface area contributed by atoms with Gasteiger partial charge in [0.25, 0.3) is 0 Å². The van der Waals surface area contributed by atoms with E-state index in [-0.39, 0.29) is 6.04 Å². The van der Waals surface area contributed by atoms with Gasteiger partial charge in [0.1, 0.15) is 0 Å². The third-order valence-electron chi connectivity index (χ3n) is 1.77. The highest BCUT2D eigenvalue weighted by Gasteiger charge is 2.12. The fourth-order valence-corrected chi connectivity index (χ4v) is 2.25. The molecule has 0 amide bonds. The highest BCUT2D eigenvalue weighted by atomic mass is 35.5. The number of nitrogens with two attached hydrogens (primary N) is 1. The molecular weight excluding hydrogens is 190 g/mol. The summed E-state index contributed by atoms with van der Waals surface area (Å²) in [5, 5.41) is 1.98. The Morgan fingerprint density at radius 1 is 1.58 bits per heavy atom. The summed E-state index contributed by atoms with van der Waals surface area (Å²) in [7, 11) is 0. The van der Waals surface area contributed by atoms with Crippen molar-refractivity contribution < 1.29 is 0 Å². The smallest absolute Gasteiger partial charge is 0.0976 e. The van der Waals surface area contributed by atoms with Crippen LogP contribution in [0.5, 0.6) is 0 Å². The predicted molar refractivity (Wildman–Crippen MR) is 55.7 cm³/mol. The Balaban J connectivity index is 2.65. The largest absolute Gasteiger partial charge is 0.324 e. The molecule has 0 aliphatic heterocycles. The number of hydrogen-bond donors (Lipinski definition) is 1. The van der Waals surface area contributed by atoms with Gasteiger partial charge in [0, 0.05) is 6.04 Å². The lowest BCUT2D eigenvalue weighted by atomic mass is 10.0. The van der Waals surface area contributed by atoms with Gasteiger partial charge in [-0.2, -0.15) is 0 Å². The van der Waals surface area contributed by atoms with Crippen LogP contribution in [-0.2, 0) is 0 Å². The van der Waals surface area contributed by atoms with Crippen molar-refractivity contribution >= 4 is 22.9 Å². The zero-order chi connectivity index (χ0) is 9.14. The van der Waals surface area contributed by atoms with E-state index in [0.29, 0.717) is 5.92 Å². The maximum Gasteiger partial charge on any atom is 0.0976 e. The number of thiophene rings is 1. The first-order chi connectivity index (χ1) is 5.61. The molecule has 0 saturated carbocycles. The molecule has 1 nitrogen and oxygen atoms in total. The molecule has 0 fully saturated rings. The van der Waals surface area contributed by atoms with Gasteiger partial charge in [0.05, 0.1) is 4.34 Å². The fraction of sp³-hybridized carbons (Fsp3) is 0.556. The van der Waals surface area contributed by atoms with E-state index in [0.717, 1.165) is 16.3 Å². The van der Waals surface area contributed by atoms with Gasteiger partial charge < -0.3 is 5.73 Å². The van der Waals surface area contributed by atoms with E-state index in [9.17, 15) is 0 Å². The second-order valence-corrected chi connectivity index (χ2v) is 4.90. The van der Waals surface area contributed by atoms with E-state index >= 15 is 0 Å². The Labute approximate surface area is 82.5 Å². The molecule has 3 heteroatoms. The van der Waals surface area contributed by atoms with Crippen LogP contribution in [0, 0.1) is 5.92 Å². The van der Waals surface area contributed by atoms with E-state index in [4.69, 9.17) is 17.3 Å². The van der Waals surface area contributed by atoms with Gasteiger partial charge in [-0.15, -0.1) is 11.3 Å². The third-order valence-corrected chi connectivity index (χ3v) is 2.97. The summed E-state index contributed by atoms with van der Waals surface area (Å²) < 4.78 is 0.836. The highest BCUT2D eigenvalue weighted by molar-refractivity contribution is 7.14. The van der Waals surface area contributed by atoms with Crippen LogP contribution < -0.4 is 5.73 Å². The van der Waals surface area contributed by atoms with Gasteiger partial charge in [-0.3, -0.25) is 0 Å². The minimum atomic E-state index is 0.101. The lowest BCUT2D eigenvalue weighted by molar-refractivity contribution is 0.511. The molecule has 0 bridgehead atoms. The highest BCUT2D eigenvalue weighted by Crippen LogP contribution is 2.30. The molecule has 12 heavy (non-hydrogen) atoms. The second-order valence-electron chi connectivity index (χ2n) is 3.39. The quantitative estimate of drug-likeness (QED) is 0.800. The maximum absolute atomic E-state index is 5.96. The van der Waals surface area contributed by atoms with Crippen LogP contribution in [0.4, 0.5) is 0 Å². The van der Waals surface area contributed by atoms with Crippen molar-refractivity contribution in [3.8, 4) is 0 Å². The first-order valence-electron chi connectivity index (χ1n) is 4.09. The van der Waals surface area contributed by atoms with Crippen LogP contribution in [-0.4, -0.2) is 0 Å². The average molecular weight is 204 g/mol. The zero-order valence-electron chi connectivity index (χ0n) is 7.38. The van der Waals surface area contributed by atoms with E-state index < -0.39 is 0 Å².